The van der Waals surface area contributed by atoms with Gasteiger partial charge in [0, 0.05) is 18.3 Å². The summed E-state index contributed by atoms with van der Waals surface area (Å²) < 4.78 is 24.0. The van der Waals surface area contributed by atoms with Crippen molar-refractivity contribution in [1.82, 2.24) is 0 Å². The second kappa shape index (κ2) is 14.5. The summed E-state index contributed by atoms with van der Waals surface area (Å²) >= 11 is 1.40. The molecule has 0 N–H and O–H groups in total. The number of hydrogen-bond acceptors (Lipinski definition) is 7. The molecule has 1 aromatic carbocycles. The fourth-order valence-electron chi connectivity index (χ4n) is 13.1. The number of hydrogen-bond donors (Lipinski definition) is 0. The van der Waals surface area contributed by atoms with E-state index in [0.717, 1.165) is 55.1 Å². The van der Waals surface area contributed by atoms with Gasteiger partial charge in [-0.15, -0.1) is 11.3 Å². The standard InChI is InChI=1S/C44H60O6S/c1-27(7-18-39(45)49-40-29-10-11-30(24-29)41(40)50-42(46)38-6-5-23-51-38)35-16-17-36-34-15-12-31-25-33(48-26-28-8-13-32(47-4)14-9-28)19-21-43(31,2)37(34)20-22-44(35,36)3/h5-6,8-9,13-14,23,27,29-31,33-37,40-41H,7,10-12,15-22,24-26H2,1-4H3/t27-,29-,30+,31-,33-,34+,35-,36+,37+,40+,41-,43+,44-/m1/s1. The highest BCUT2D eigenvalue weighted by Gasteiger charge is 2.61. The van der Waals surface area contributed by atoms with Gasteiger partial charge in [0.25, 0.3) is 0 Å². The minimum atomic E-state index is -0.303. The van der Waals surface area contributed by atoms with E-state index in [0.29, 0.717) is 58.5 Å². The summed E-state index contributed by atoms with van der Waals surface area (Å²) in [6.07, 6.45) is 16.0. The number of thiophene rings is 1. The minimum absolute atomic E-state index is 0.102. The molecule has 2 bridgehead atoms. The third-order valence-corrected chi connectivity index (χ3v) is 16.7. The average Bonchev–Trinajstić information content (AvgIpc) is 3.95. The highest BCUT2D eigenvalue weighted by Crippen LogP contribution is 2.68. The highest BCUT2D eigenvalue weighted by molar-refractivity contribution is 7.11. The van der Waals surface area contributed by atoms with Crippen molar-refractivity contribution in [3.8, 4) is 5.75 Å². The Labute approximate surface area is 309 Å². The molecule has 0 saturated heterocycles. The maximum Gasteiger partial charge on any atom is 0.348 e. The van der Waals surface area contributed by atoms with Crippen LogP contribution >= 0.6 is 11.3 Å². The van der Waals surface area contributed by atoms with E-state index in [1.165, 1.54) is 74.7 Å². The predicted molar refractivity (Wildman–Crippen MR) is 199 cm³/mol. The molecule has 0 radical (unpaired) electrons. The molecule has 1 aromatic heterocycles. The fourth-order valence-corrected chi connectivity index (χ4v) is 13.7. The lowest BCUT2D eigenvalue weighted by Crippen LogP contribution is -2.54. The van der Waals surface area contributed by atoms with Crippen LogP contribution in [0.4, 0.5) is 0 Å². The number of benzene rings is 1. The summed E-state index contributed by atoms with van der Waals surface area (Å²) in [6, 6.07) is 12.0. The van der Waals surface area contributed by atoms with Crippen molar-refractivity contribution in [3.05, 3.63) is 52.2 Å². The first-order valence-electron chi connectivity index (χ1n) is 20.3. The molecular formula is C44H60O6S. The van der Waals surface area contributed by atoms with E-state index >= 15 is 0 Å². The van der Waals surface area contributed by atoms with E-state index in [9.17, 15) is 9.59 Å². The van der Waals surface area contributed by atoms with E-state index in [2.05, 4.69) is 32.9 Å². The topological polar surface area (TPSA) is 71.1 Å². The van der Waals surface area contributed by atoms with Crippen LogP contribution in [0.2, 0.25) is 0 Å². The van der Waals surface area contributed by atoms with Crippen LogP contribution < -0.4 is 4.74 Å². The summed E-state index contributed by atoms with van der Waals surface area (Å²) in [5.74, 6) is 5.59. The lowest BCUT2D eigenvalue weighted by atomic mass is 9.44. The van der Waals surface area contributed by atoms with Crippen molar-refractivity contribution in [1.29, 1.82) is 0 Å². The molecule has 0 amide bonds. The molecule has 2 aromatic rings. The Hall–Kier alpha value is -2.38. The number of rotatable bonds is 11. The number of ether oxygens (including phenoxy) is 4. The van der Waals surface area contributed by atoms with Crippen molar-refractivity contribution in [2.75, 3.05) is 7.11 Å². The molecule has 1 heterocycles. The molecule has 8 rings (SSSR count). The molecule has 51 heavy (non-hydrogen) atoms. The second-order valence-electron chi connectivity index (χ2n) is 18.1. The lowest BCUT2D eigenvalue weighted by Gasteiger charge is -2.61. The van der Waals surface area contributed by atoms with Crippen molar-refractivity contribution in [2.24, 2.45) is 58.2 Å². The van der Waals surface area contributed by atoms with Crippen LogP contribution in [0.5, 0.6) is 5.75 Å². The Balaban J connectivity index is 0.835. The smallest absolute Gasteiger partial charge is 0.348 e. The van der Waals surface area contributed by atoms with Gasteiger partial charge in [0.1, 0.15) is 22.8 Å². The quantitative estimate of drug-likeness (QED) is 0.216. The van der Waals surface area contributed by atoms with Crippen LogP contribution in [0.15, 0.2) is 41.8 Å². The Morgan fingerprint density at radius 2 is 1.59 bits per heavy atom. The fraction of sp³-hybridized carbons (Fsp3) is 0.727. The molecule has 7 heteroatoms. The Morgan fingerprint density at radius 3 is 2.33 bits per heavy atom. The van der Waals surface area contributed by atoms with Gasteiger partial charge < -0.3 is 18.9 Å². The zero-order valence-corrected chi connectivity index (χ0v) is 32.2. The van der Waals surface area contributed by atoms with E-state index in [1.54, 1.807) is 7.11 Å². The first-order chi connectivity index (χ1) is 24.7. The van der Waals surface area contributed by atoms with Crippen molar-refractivity contribution in [2.45, 2.75) is 136 Å². The summed E-state index contributed by atoms with van der Waals surface area (Å²) in [7, 11) is 1.71. The molecule has 6 fully saturated rings. The van der Waals surface area contributed by atoms with Crippen LogP contribution in [0.25, 0.3) is 0 Å². The van der Waals surface area contributed by atoms with Gasteiger partial charge in [-0.3, -0.25) is 4.79 Å². The first-order valence-corrected chi connectivity index (χ1v) is 21.2. The summed E-state index contributed by atoms with van der Waals surface area (Å²) in [4.78, 5) is 26.8. The summed E-state index contributed by atoms with van der Waals surface area (Å²) in [5.41, 5.74) is 2.04. The van der Waals surface area contributed by atoms with Gasteiger partial charge in [0.05, 0.1) is 19.8 Å². The second-order valence-corrected chi connectivity index (χ2v) is 19.0. The number of fused-ring (bicyclic) bond motifs is 7. The van der Waals surface area contributed by atoms with E-state index in [4.69, 9.17) is 18.9 Å². The molecule has 6 aliphatic carbocycles. The molecule has 0 aliphatic heterocycles. The van der Waals surface area contributed by atoms with Gasteiger partial charge in [-0.05, 0) is 159 Å². The van der Waals surface area contributed by atoms with Gasteiger partial charge in [0.2, 0.25) is 0 Å². The number of carbonyl (C=O) groups is 2. The molecule has 278 valence electrons. The molecule has 13 atom stereocenters. The number of esters is 2. The summed E-state index contributed by atoms with van der Waals surface area (Å²) in [5, 5.41) is 1.90. The molecule has 6 saturated carbocycles. The Bertz CT molecular complexity index is 1520. The number of methoxy groups -OCH3 is 1. The monoisotopic (exact) mass is 716 g/mol. The van der Waals surface area contributed by atoms with Crippen LogP contribution in [-0.4, -0.2) is 37.4 Å². The normalized spacial score (nSPS) is 40.2. The molecule has 6 aliphatic rings. The maximum absolute atomic E-state index is 13.4. The molecule has 6 nitrogen and oxygen atoms in total. The Morgan fingerprint density at radius 1 is 0.843 bits per heavy atom. The number of carbonyl (C=O) groups excluding carboxylic acids is 2. The molecular weight excluding hydrogens is 657 g/mol. The predicted octanol–water partition coefficient (Wildman–Crippen LogP) is 10.3. The lowest BCUT2D eigenvalue weighted by molar-refractivity contribution is -0.159. The minimum Gasteiger partial charge on any atom is -0.497 e. The van der Waals surface area contributed by atoms with Gasteiger partial charge in [-0.2, -0.15) is 0 Å². The SMILES string of the molecule is COc1ccc(CO[C@@H]2CC[C@@]3(C)[C@H](CC[C@@H]4[C@@H]3CC[C@]3(C)[C@@H]([C@H](C)CCC(=O)O[C@H]5[C@@H]6CC[C@@H](C6)[C@H]5OC(=O)c5cccs5)CC[C@@H]43)C2)cc1. The van der Waals surface area contributed by atoms with Gasteiger partial charge in [0.15, 0.2) is 0 Å². The van der Waals surface area contributed by atoms with Gasteiger partial charge in [-0.25, -0.2) is 4.79 Å². The van der Waals surface area contributed by atoms with E-state index in [-0.39, 0.29) is 24.1 Å². The third-order valence-electron chi connectivity index (χ3n) is 15.8. The van der Waals surface area contributed by atoms with Crippen molar-refractivity contribution >= 4 is 23.3 Å². The van der Waals surface area contributed by atoms with Crippen molar-refractivity contribution < 1.29 is 28.5 Å². The molecule has 0 spiro atoms. The zero-order chi connectivity index (χ0) is 35.3. The van der Waals surface area contributed by atoms with E-state index in [1.807, 2.05) is 29.6 Å². The maximum atomic E-state index is 13.4. The Kier molecular flexibility index (Phi) is 10.1. The largest absolute Gasteiger partial charge is 0.497 e. The average molecular weight is 717 g/mol. The third kappa shape index (κ3) is 6.70. The van der Waals surface area contributed by atoms with Crippen molar-refractivity contribution in [3.63, 3.8) is 0 Å². The molecule has 0 unspecified atom stereocenters. The first kappa shape index (κ1) is 35.6. The van der Waals surface area contributed by atoms with Crippen LogP contribution in [0.1, 0.15) is 126 Å². The van der Waals surface area contributed by atoms with Crippen LogP contribution in [0.3, 0.4) is 0 Å². The van der Waals surface area contributed by atoms with Crippen LogP contribution in [-0.2, 0) is 25.6 Å². The van der Waals surface area contributed by atoms with Gasteiger partial charge >= 0.3 is 11.9 Å². The van der Waals surface area contributed by atoms with E-state index < -0.39 is 0 Å². The van der Waals surface area contributed by atoms with Gasteiger partial charge in [-0.1, -0.05) is 39.0 Å². The van der Waals surface area contributed by atoms with Crippen LogP contribution in [0, 0.1) is 58.2 Å². The summed E-state index contributed by atoms with van der Waals surface area (Å²) in [6.45, 7) is 8.38. The highest BCUT2D eigenvalue weighted by atomic mass is 32.1. The zero-order valence-electron chi connectivity index (χ0n) is 31.4.